The Labute approximate surface area is 93.2 Å². The van der Waals surface area contributed by atoms with Crippen molar-refractivity contribution in [2.45, 2.75) is 33.6 Å². The summed E-state index contributed by atoms with van der Waals surface area (Å²) in [6.07, 6.45) is 4.48. The molecule has 0 amide bonds. The fourth-order valence-corrected chi connectivity index (χ4v) is 1.49. The first-order chi connectivity index (χ1) is 7.27. The van der Waals surface area contributed by atoms with Crippen LogP contribution in [0.25, 0.3) is 5.70 Å². The Morgan fingerprint density at radius 2 is 1.87 bits per heavy atom. The molecule has 1 aromatic rings. The molecular weight excluding hydrogens is 182 g/mol. The number of nitrogens with one attached hydrogen (secondary N) is 1. The number of allylic oxidation sites excluding steroid dienone is 1. The van der Waals surface area contributed by atoms with Crippen LogP contribution >= 0.6 is 0 Å². The van der Waals surface area contributed by atoms with Gasteiger partial charge in [-0.2, -0.15) is 0 Å². The molecule has 0 aliphatic rings. The highest BCUT2D eigenvalue weighted by Gasteiger charge is 1.98. The third kappa shape index (κ3) is 3.78. The molecule has 0 aliphatic carbocycles. The van der Waals surface area contributed by atoms with Crippen LogP contribution in [0.5, 0.6) is 0 Å². The Morgan fingerprint density at radius 1 is 1.20 bits per heavy atom. The van der Waals surface area contributed by atoms with E-state index < -0.39 is 0 Å². The average molecular weight is 203 g/mol. The van der Waals surface area contributed by atoms with Gasteiger partial charge in [-0.25, -0.2) is 0 Å². The van der Waals surface area contributed by atoms with Gasteiger partial charge in [-0.1, -0.05) is 49.8 Å². The topological polar surface area (TPSA) is 12.0 Å². The van der Waals surface area contributed by atoms with Crippen LogP contribution in [0.15, 0.2) is 30.3 Å². The van der Waals surface area contributed by atoms with Crippen molar-refractivity contribution in [3.05, 3.63) is 41.5 Å². The molecule has 15 heavy (non-hydrogen) atoms. The largest absolute Gasteiger partial charge is 0.385 e. The highest BCUT2D eigenvalue weighted by molar-refractivity contribution is 5.63. The highest BCUT2D eigenvalue weighted by atomic mass is 14.9. The van der Waals surface area contributed by atoms with Crippen LogP contribution in [0.1, 0.15) is 37.8 Å². The molecule has 0 heterocycles. The second-order valence-corrected chi connectivity index (χ2v) is 3.82. The predicted octanol–water partition coefficient (Wildman–Crippen LogP) is 3.75. The number of benzene rings is 1. The van der Waals surface area contributed by atoms with E-state index in [1.807, 2.05) is 0 Å². The Hall–Kier alpha value is -1.24. The van der Waals surface area contributed by atoms with Gasteiger partial charge in [0.2, 0.25) is 0 Å². The lowest BCUT2D eigenvalue weighted by atomic mass is 10.1. The Morgan fingerprint density at radius 3 is 2.40 bits per heavy atom. The SMILES string of the molecule is CC/C=C(/NCCC)c1ccc(C)cc1. The summed E-state index contributed by atoms with van der Waals surface area (Å²) in [7, 11) is 0. The average Bonchev–Trinajstić information content (AvgIpc) is 2.25. The maximum absolute atomic E-state index is 3.47. The van der Waals surface area contributed by atoms with Crippen LogP contribution in [-0.2, 0) is 0 Å². The van der Waals surface area contributed by atoms with E-state index in [2.05, 4.69) is 56.4 Å². The monoisotopic (exact) mass is 203 g/mol. The zero-order valence-corrected chi connectivity index (χ0v) is 10.0. The van der Waals surface area contributed by atoms with Crippen molar-refractivity contribution in [2.24, 2.45) is 0 Å². The highest BCUT2D eigenvalue weighted by Crippen LogP contribution is 2.13. The third-order valence-corrected chi connectivity index (χ3v) is 2.34. The number of hydrogen-bond acceptors (Lipinski definition) is 1. The molecule has 0 unspecified atom stereocenters. The van der Waals surface area contributed by atoms with Gasteiger partial charge >= 0.3 is 0 Å². The van der Waals surface area contributed by atoms with Gasteiger partial charge in [-0.05, 0) is 25.3 Å². The normalized spacial score (nSPS) is 11.5. The molecule has 0 spiro atoms. The minimum absolute atomic E-state index is 1.04. The molecular formula is C14H21N. The van der Waals surface area contributed by atoms with Crippen molar-refractivity contribution in [1.82, 2.24) is 5.32 Å². The van der Waals surface area contributed by atoms with Gasteiger partial charge in [0.05, 0.1) is 0 Å². The molecule has 0 saturated heterocycles. The van der Waals surface area contributed by atoms with E-state index >= 15 is 0 Å². The molecule has 0 aliphatic heterocycles. The summed E-state index contributed by atoms with van der Waals surface area (Å²) >= 11 is 0. The molecule has 1 rings (SSSR count). The Balaban J connectivity index is 2.79. The van der Waals surface area contributed by atoms with Crippen LogP contribution in [0, 0.1) is 6.92 Å². The Bertz CT molecular complexity index is 309. The van der Waals surface area contributed by atoms with Gasteiger partial charge in [-0.15, -0.1) is 0 Å². The van der Waals surface area contributed by atoms with Gasteiger partial charge in [0.1, 0.15) is 0 Å². The van der Waals surface area contributed by atoms with Crippen molar-refractivity contribution in [3.8, 4) is 0 Å². The summed E-state index contributed by atoms with van der Waals surface area (Å²) in [5.74, 6) is 0. The summed E-state index contributed by atoms with van der Waals surface area (Å²) in [6, 6.07) is 8.68. The number of aryl methyl sites for hydroxylation is 1. The maximum Gasteiger partial charge on any atom is 0.0373 e. The van der Waals surface area contributed by atoms with Crippen molar-refractivity contribution < 1.29 is 0 Å². The van der Waals surface area contributed by atoms with Crippen LogP contribution < -0.4 is 5.32 Å². The van der Waals surface area contributed by atoms with E-state index in [0.717, 1.165) is 19.4 Å². The fraction of sp³-hybridized carbons (Fsp3) is 0.429. The molecule has 0 fully saturated rings. The van der Waals surface area contributed by atoms with Crippen molar-refractivity contribution in [1.29, 1.82) is 0 Å². The first-order valence-electron chi connectivity index (χ1n) is 5.79. The van der Waals surface area contributed by atoms with Gasteiger partial charge in [-0.3, -0.25) is 0 Å². The lowest BCUT2D eigenvalue weighted by Gasteiger charge is -2.10. The molecule has 0 atom stereocenters. The molecule has 0 bridgehead atoms. The quantitative estimate of drug-likeness (QED) is 0.768. The van der Waals surface area contributed by atoms with Gasteiger partial charge in [0.25, 0.3) is 0 Å². The van der Waals surface area contributed by atoms with Crippen molar-refractivity contribution >= 4 is 5.70 Å². The smallest absolute Gasteiger partial charge is 0.0373 e. The summed E-state index contributed by atoms with van der Waals surface area (Å²) < 4.78 is 0. The van der Waals surface area contributed by atoms with E-state index in [9.17, 15) is 0 Å². The van der Waals surface area contributed by atoms with E-state index in [1.165, 1.54) is 16.8 Å². The first-order valence-corrected chi connectivity index (χ1v) is 5.79. The fourth-order valence-electron chi connectivity index (χ4n) is 1.49. The van der Waals surface area contributed by atoms with E-state index in [0.29, 0.717) is 0 Å². The minimum atomic E-state index is 1.04. The first kappa shape index (κ1) is 11.8. The summed E-state index contributed by atoms with van der Waals surface area (Å²) in [5.41, 5.74) is 3.86. The molecule has 82 valence electrons. The molecule has 1 heteroatoms. The van der Waals surface area contributed by atoms with Gasteiger partial charge in [0, 0.05) is 12.2 Å². The molecule has 0 saturated carbocycles. The summed E-state index contributed by atoms with van der Waals surface area (Å²) in [5, 5.41) is 3.47. The molecule has 0 aromatic heterocycles. The lowest BCUT2D eigenvalue weighted by Crippen LogP contribution is -2.12. The second-order valence-electron chi connectivity index (χ2n) is 3.82. The number of hydrogen-bond donors (Lipinski definition) is 1. The maximum atomic E-state index is 3.47. The van der Waals surface area contributed by atoms with E-state index in [1.54, 1.807) is 0 Å². The zero-order chi connectivity index (χ0) is 11.1. The predicted molar refractivity (Wildman–Crippen MR) is 67.7 cm³/mol. The molecule has 1 N–H and O–H groups in total. The van der Waals surface area contributed by atoms with Gasteiger partial charge in [0.15, 0.2) is 0 Å². The number of rotatable bonds is 5. The second kappa shape index (κ2) is 6.28. The van der Waals surface area contributed by atoms with Crippen LogP contribution in [-0.4, -0.2) is 6.54 Å². The van der Waals surface area contributed by atoms with Gasteiger partial charge < -0.3 is 5.32 Å². The lowest BCUT2D eigenvalue weighted by molar-refractivity contribution is 0.821. The molecule has 1 aromatic carbocycles. The van der Waals surface area contributed by atoms with Crippen LogP contribution in [0.3, 0.4) is 0 Å². The van der Waals surface area contributed by atoms with Crippen molar-refractivity contribution in [2.75, 3.05) is 6.54 Å². The summed E-state index contributed by atoms with van der Waals surface area (Å²) in [6.45, 7) is 7.51. The molecule has 0 radical (unpaired) electrons. The Kier molecular flexibility index (Phi) is 4.96. The van der Waals surface area contributed by atoms with E-state index in [-0.39, 0.29) is 0 Å². The zero-order valence-electron chi connectivity index (χ0n) is 10.0. The summed E-state index contributed by atoms with van der Waals surface area (Å²) in [4.78, 5) is 0. The standard InChI is InChI=1S/C14H21N/c1-4-6-14(15-11-5-2)13-9-7-12(3)8-10-13/h6-10,15H,4-5,11H2,1-3H3/b14-6+. The third-order valence-electron chi connectivity index (χ3n) is 2.34. The van der Waals surface area contributed by atoms with Crippen LogP contribution in [0.2, 0.25) is 0 Å². The van der Waals surface area contributed by atoms with Crippen LogP contribution in [0.4, 0.5) is 0 Å². The van der Waals surface area contributed by atoms with Crippen molar-refractivity contribution in [3.63, 3.8) is 0 Å². The van der Waals surface area contributed by atoms with E-state index in [4.69, 9.17) is 0 Å². The molecule has 1 nitrogen and oxygen atoms in total. The minimum Gasteiger partial charge on any atom is -0.385 e.